The summed E-state index contributed by atoms with van der Waals surface area (Å²) in [4.78, 5) is 2.51. The van der Waals surface area contributed by atoms with Gasteiger partial charge >= 0.3 is 0 Å². The summed E-state index contributed by atoms with van der Waals surface area (Å²) in [7, 11) is 0. The molecule has 0 unspecified atom stereocenters. The molecule has 1 aromatic heterocycles. The first kappa shape index (κ1) is 10.2. The zero-order valence-corrected chi connectivity index (χ0v) is 10.3. The van der Waals surface area contributed by atoms with Crippen molar-refractivity contribution in [1.29, 1.82) is 0 Å². The third kappa shape index (κ3) is 1.40. The number of hydrogen-bond acceptors (Lipinski definition) is 3. The summed E-state index contributed by atoms with van der Waals surface area (Å²) in [5.41, 5.74) is 5.61. The van der Waals surface area contributed by atoms with E-state index in [1.165, 1.54) is 22.4 Å². The minimum Gasteiger partial charge on any atom is -0.464 e. The molecule has 0 aliphatic carbocycles. The van der Waals surface area contributed by atoms with E-state index in [9.17, 15) is 0 Å². The van der Waals surface area contributed by atoms with Gasteiger partial charge in [-0.15, -0.1) is 0 Å². The number of rotatable bonds is 1. The van der Waals surface area contributed by atoms with E-state index in [0.29, 0.717) is 0 Å². The molecule has 18 heavy (non-hydrogen) atoms. The zero-order valence-electron chi connectivity index (χ0n) is 10.3. The molecule has 0 radical (unpaired) electrons. The van der Waals surface area contributed by atoms with Gasteiger partial charge in [-0.2, -0.15) is 0 Å². The first-order valence-electron chi connectivity index (χ1n) is 6.58. The average Bonchev–Trinajstić information content (AvgIpc) is 3.00. The quantitative estimate of drug-likeness (QED) is 0.829. The first-order chi connectivity index (χ1) is 8.93. The van der Waals surface area contributed by atoms with Crippen LogP contribution in [0.4, 0.5) is 5.69 Å². The highest BCUT2D eigenvalue weighted by molar-refractivity contribution is 5.76. The second kappa shape index (κ2) is 3.89. The van der Waals surface area contributed by atoms with Crippen molar-refractivity contribution in [2.75, 3.05) is 24.5 Å². The van der Waals surface area contributed by atoms with Crippen molar-refractivity contribution in [2.24, 2.45) is 0 Å². The van der Waals surface area contributed by atoms with Crippen LogP contribution in [0.1, 0.15) is 11.1 Å². The Labute approximate surface area is 106 Å². The highest BCUT2D eigenvalue weighted by Crippen LogP contribution is 2.39. The molecule has 0 amide bonds. The smallest absolute Gasteiger partial charge is 0.134 e. The van der Waals surface area contributed by atoms with E-state index in [0.717, 1.165) is 38.4 Å². The van der Waals surface area contributed by atoms with Gasteiger partial charge in [-0.3, -0.25) is 0 Å². The fourth-order valence-corrected chi connectivity index (χ4v) is 3.16. The van der Waals surface area contributed by atoms with E-state index < -0.39 is 0 Å². The van der Waals surface area contributed by atoms with Gasteiger partial charge in [0.25, 0.3) is 0 Å². The molecule has 1 aromatic carbocycles. The first-order valence-corrected chi connectivity index (χ1v) is 6.58. The van der Waals surface area contributed by atoms with Crippen LogP contribution in [0.5, 0.6) is 0 Å². The molecule has 2 aromatic rings. The van der Waals surface area contributed by atoms with Gasteiger partial charge in [0.05, 0.1) is 6.26 Å². The molecule has 3 nitrogen and oxygen atoms in total. The van der Waals surface area contributed by atoms with E-state index in [1.807, 2.05) is 6.07 Å². The van der Waals surface area contributed by atoms with Crippen molar-refractivity contribution in [3.8, 4) is 11.3 Å². The van der Waals surface area contributed by atoms with Gasteiger partial charge in [0.1, 0.15) is 5.76 Å². The topological polar surface area (TPSA) is 28.4 Å². The van der Waals surface area contributed by atoms with Crippen LogP contribution in [0.3, 0.4) is 0 Å². The van der Waals surface area contributed by atoms with Crippen LogP contribution in [0.15, 0.2) is 34.9 Å². The minimum absolute atomic E-state index is 0.983. The standard InChI is InChI=1S/C15H16N2O/c1-2-14(18-9-1)12-4-3-11-10-16-6-8-17-7-5-13(12)15(11)17/h1-4,9,16H,5-8,10H2. The van der Waals surface area contributed by atoms with Gasteiger partial charge in [0.2, 0.25) is 0 Å². The van der Waals surface area contributed by atoms with Crippen molar-refractivity contribution < 1.29 is 4.42 Å². The van der Waals surface area contributed by atoms with Crippen molar-refractivity contribution in [2.45, 2.75) is 13.0 Å². The third-order valence-corrected chi connectivity index (χ3v) is 3.97. The SMILES string of the molecule is c1coc(-c2ccc3c4c2CCN4CCNC3)c1. The lowest BCUT2D eigenvalue weighted by atomic mass is 9.99. The summed E-state index contributed by atoms with van der Waals surface area (Å²) in [5.74, 6) is 0.992. The maximum atomic E-state index is 5.57. The molecule has 0 saturated carbocycles. The van der Waals surface area contributed by atoms with Gasteiger partial charge in [0, 0.05) is 37.4 Å². The molecular weight excluding hydrogens is 224 g/mol. The summed E-state index contributed by atoms with van der Waals surface area (Å²) in [6.45, 7) is 4.31. The second-order valence-electron chi connectivity index (χ2n) is 4.99. The number of furan rings is 1. The predicted molar refractivity (Wildman–Crippen MR) is 71.8 cm³/mol. The maximum Gasteiger partial charge on any atom is 0.134 e. The van der Waals surface area contributed by atoms with E-state index >= 15 is 0 Å². The Kier molecular flexibility index (Phi) is 2.20. The number of anilines is 1. The Hall–Kier alpha value is -1.74. The molecule has 0 atom stereocenters. The molecule has 0 fully saturated rings. The lowest BCUT2D eigenvalue weighted by Crippen LogP contribution is -2.27. The number of nitrogens with one attached hydrogen (secondary N) is 1. The van der Waals surface area contributed by atoms with E-state index in [1.54, 1.807) is 6.26 Å². The summed E-state index contributed by atoms with van der Waals surface area (Å²) in [5, 5.41) is 3.48. The fraction of sp³-hybridized carbons (Fsp3) is 0.333. The summed E-state index contributed by atoms with van der Waals surface area (Å²) in [6.07, 6.45) is 2.89. The molecule has 0 spiro atoms. The van der Waals surface area contributed by atoms with Gasteiger partial charge < -0.3 is 14.6 Å². The zero-order chi connectivity index (χ0) is 11.9. The lowest BCUT2D eigenvalue weighted by molar-refractivity contribution is 0.581. The highest BCUT2D eigenvalue weighted by Gasteiger charge is 2.27. The molecular formula is C15H16N2O. The van der Waals surface area contributed by atoms with E-state index in [-0.39, 0.29) is 0 Å². The molecule has 1 N–H and O–H groups in total. The van der Waals surface area contributed by atoms with Gasteiger partial charge in [-0.25, -0.2) is 0 Å². The third-order valence-electron chi connectivity index (χ3n) is 3.97. The highest BCUT2D eigenvalue weighted by atomic mass is 16.3. The Morgan fingerprint density at radius 1 is 1.17 bits per heavy atom. The monoisotopic (exact) mass is 240 g/mol. The van der Waals surface area contributed by atoms with Crippen LogP contribution in [0.25, 0.3) is 11.3 Å². The van der Waals surface area contributed by atoms with Crippen LogP contribution >= 0.6 is 0 Å². The van der Waals surface area contributed by atoms with Crippen LogP contribution in [-0.2, 0) is 13.0 Å². The number of nitrogens with zero attached hydrogens (tertiary/aromatic N) is 1. The van der Waals surface area contributed by atoms with Gasteiger partial charge in [0.15, 0.2) is 0 Å². The van der Waals surface area contributed by atoms with Crippen LogP contribution in [0.2, 0.25) is 0 Å². The molecule has 0 saturated heterocycles. The fourth-order valence-electron chi connectivity index (χ4n) is 3.16. The lowest BCUT2D eigenvalue weighted by Gasteiger charge is -2.19. The largest absolute Gasteiger partial charge is 0.464 e. The number of hydrogen-bond donors (Lipinski definition) is 1. The molecule has 2 aliphatic rings. The van der Waals surface area contributed by atoms with Gasteiger partial charge in [-0.05, 0) is 29.7 Å². The van der Waals surface area contributed by atoms with Crippen LogP contribution in [-0.4, -0.2) is 19.6 Å². The Balaban J connectivity index is 1.92. The second-order valence-corrected chi connectivity index (χ2v) is 4.99. The van der Waals surface area contributed by atoms with Crippen molar-refractivity contribution in [1.82, 2.24) is 5.32 Å². The van der Waals surface area contributed by atoms with Crippen molar-refractivity contribution in [3.63, 3.8) is 0 Å². The molecule has 0 bridgehead atoms. The van der Waals surface area contributed by atoms with Crippen LogP contribution < -0.4 is 10.2 Å². The molecule has 3 heterocycles. The van der Waals surface area contributed by atoms with Gasteiger partial charge in [-0.1, -0.05) is 12.1 Å². The van der Waals surface area contributed by atoms with E-state index in [4.69, 9.17) is 4.42 Å². The van der Waals surface area contributed by atoms with Crippen LogP contribution in [0, 0.1) is 0 Å². The van der Waals surface area contributed by atoms with Crippen molar-refractivity contribution >= 4 is 5.69 Å². The molecule has 4 rings (SSSR count). The summed E-state index contributed by atoms with van der Waals surface area (Å²) >= 11 is 0. The average molecular weight is 240 g/mol. The normalized spacial score (nSPS) is 17.7. The Bertz CT molecular complexity index is 574. The predicted octanol–water partition coefficient (Wildman–Crippen LogP) is 2.41. The Morgan fingerprint density at radius 3 is 3.06 bits per heavy atom. The Morgan fingerprint density at radius 2 is 2.17 bits per heavy atom. The molecule has 92 valence electrons. The maximum absolute atomic E-state index is 5.57. The van der Waals surface area contributed by atoms with Crippen molar-refractivity contribution in [3.05, 3.63) is 41.7 Å². The summed E-state index contributed by atoms with van der Waals surface area (Å²) < 4.78 is 5.57. The molecule has 2 aliphatic heterocycles. The van der Waals surface area contributed by atoms with E-state index in [2.05, 4.69) is 28.4 Å². The molecule has 3 heteroatoms. The summed E-state index contributed by atoms with van der Waals surface area (Å²) in [6, 6.07) is 8.47. The minimum atomic E-state index is 0.983. The number of benzene rings is 1.